The van der Waals surface area contributed by atoms with Gasteiger partial charge in [0.2, 0.25) is 5.76 Å². The van der Waals surface area contributed by atoms with Gasteiger partial charge in [0.25, 0.3) is 0 Å². The van der Waals surface area contributed by atoms with Gasteiger partial charge < -0.3 is 14.8 Å². The van der Waals surface area contributed by atoms with E-state index in [2.05, 4.69) is 37.2 Å². The topological polar surface area (TPSA) is 62.5 Å². The minimum absolute atomic E-state index is 0.0614. The molecule has 7 heteroatoms. The fourth-order valence-electron chi connectivity index (χ4n) is 1.56. The van der Waals surface area contributed by atoms with Gasteiger partial charge in [0.15, 0.2) is 0 Å². The highest BCUT2D eigenvalue weighted by atomic mass is 79.9. The Labute approximate surface area is 131 Å². The summed E-state index contributed by atoms with van der Waals surface area (Å²) in [6.45, 7) is 0.330. The highest BCUT2D eigenvalue weighted by Gasteiger charge is 2.14. The molecule has 0 radical (unpaired) electrons. The first-order valence-corrected chi connectivity index (χ1v) is 7.13. The normalized spacial score (nSPS) is 10.5. The molecule has 2 N–H and O–H groups in total. The summed E-state index contributed by atoms with van der Waals surface area (Å²) < 4.78 is 6.48. The molecule has 0 bridgehead atoms. The SMILES string of the molecule is O=C(O)c1occc1CNc1c(Br)cc(Cl)cc1Br. The molecule has 0 spiro atoms. The van der Waals surface area contributed by atoms with E-state index in [4.69, 9.17) is 21.1 Å². The molecule has 4 nitrogen and oxygen atoms in total. The molecule has 0 amide bonds. The number of rotatable bonds is 4. The molecular weight excluding hydrogens is 401 g/mol. The van der Waals surface area contributed by atoms with Crippen molar-refractivity contribution in [2.45, 2.75) is 6.54 Å². The van der Waals surface area contributed by atoms with Gasteiger partial charge in [-0.2, -0.15) is 0 Å². The van der Waals surface area contributed by atoms with Crippen LogP contribution in [0.1, 0.15) is 16.1 Å². The minimum atomic E-state index is -1.09. The fourth-order valence-corrected chi connectivity index (χ4v) is 3.51. The molecular formula is C12H8Br2ClNO3. The van der Waals surface area contributed by atoms with E-state index in [0.717, 1.165) is 14.6 Å². The predicted octanol–water partition coefficient (Wildman–Crippen LogP) is 4.77. The Morgan fingerprint density at radius 3 is 2.58 bits per heavy atom. The zero-order valence-corrected chi connectivity index (χ0v) is 13.3. The summed E-state index contributed by atoms with van der Waals surface area (Å²) in [6.07, 6.45) is 1.35. The lowest BCUT2D eigenvalue weighted by molar-refractivity contribution is 0.0661. The Balaban J connectivity index is 2.19. The van der Waals surface area contributed by atoms with Gasteiger partial charge >= 0.3 is 5.97 Å². The van der Waals surface area contributed by atoms with Crippen molar-refractivity contribution in [3.63, 3.8) is 0 Å². The summed E-state index contributed by atoms with van der Waals surface area (Å²) >= 11 is 12.7. The molecule has 0 aliphatic carbocycles. The molecule has 0 fully saturated rings. The molecule has 100 valence electrons. The van der Waals surface area contributed by atoms with Gasteiger partial charge in [-0.25, -0.2) is 4.79 Å². The number of carboxylic acids is 1. The molecule has 2 aromatic rings. The van der Waals surface area contributed by atoms with E-state index in [0.29, 0.717) is 17.1 Å². The monoisotopic (exact) mass is 407 g/mol. The summed E-state index contributed by atoms with van der Waals surface area (Å²) in [7, 11) is 0. The van der Waals surface area contributed by atoms with Crippen molar-refractivity contribution in [3.8, 4) is 0 Å². The summed E-state index contributed by atoms with van der Waals surface area (Å²) in [4.78, 5) is 10.9. The van der Waals surface area contributed by atoms with Crippen molar-refractivity contribution < 1.29 is 14.3 Å². The molecule has 0 saturated carbocycles. The maximum atomic E-state index is 10.9. The highest BCUT2D eigenvalue weighted by molar-refractivity contribution is 9.11. The number of hydrogen-bond acceptors (Lipinski definition) is 3. The number of aromatic carboxylic acids is 1. The molecule has 0 unspecified atom stereocenters. The van der Waals surface area contributed by atoms with Crippen molar-refractivity contribution in [3.05, 3.63) is 49.8 Å². The fraction of sp³-hybridized carbons (Fsp3) is 0.0833. The molecule has 19 heavy (non-hydrogen) atoms. The van der Waals surface area contributed by atoms with Crippen LogP contribution < -0.4 is 5.32 Å². The Hall–Kier alpha value is -0.980. The lowest BCUT2D eigenvalue weighted by Gasteiger charge is -2.10. The summed E-state index contributed by atoms with van der Waals surface area (Å²) in [5.41, 5.74) is 1.36. The predicted molar refractivity (Wildman–Crippen MR) is 79.8 cm³/mol. The number of anilines is 1. The summed E-state index contributed by atoms with van der Waals surface area (Å²) in [5.74, 6) is -1.15. The van der Waals surface area contributed by atoms with Crippen LogP contribution in [0.4, 0.5) is 5.69 Å². The number of hydrogen-bond donors (Lipinski definition) is 2. The van der Waals surface area contributed by atoms with Crippen molar-refractivity contribution >= 4 is 55.1 Å². The van der Waals surface area contributed by atoms with Crippen LogP contribution in [0.25, 0.3) is 0 Å². The lowest BCUT2D eigenvalue weighted by atomic mass is 10.2. The third-order valence-corrected chi connectivity index (χ3v) is 3.87. The molecule has 0 aliphatic heterocycles. The highest BCUT2D eigenvalue weighted by Crippen LogP contribution is 2.34. The quantitative estimate of drug-likeness (QED) is 0.764. The summed E-state index contributed by atoms with van der Waals surface area (Å²) in [5, 5.41) is 12.7. The molecule has 2 rings (SSSR count). The Morgan fingerprint density at radius 2 is 2.00 bits per heavy atom. The first kappa shape index (κ1) is 14.4. The van der Waals surface area contributed by atoms with Gasteiger partial charge in [-0.15, -0.1) is 0 Å². The molecule has 1 aromatic heterocycles. The van der Waals surface area contributed by atoms with Crippen molar-refractivity contribution in [1.29, 1.82) is 0 Å². The van der Waals surface area contributed by atoms with Gasteiger partial charge in [-0.1, -0.05) is 11.6 Å². The van der Waals surface area contributed by atoms with E-state index in [1.54, 1.807) is 18.2 Å². The second-order valence-electron chi connectivity index (χ2n) is 3.68. The van der Waals surface area contributed by atoms with Crippen molar-refractivity contribution in [2.75, 3.05) is 5.32 Å². The third-order valence-electron chi connectivity index (χ3n) is 2.40. The van der Waals surface area contributed by atoms with Crippen LogP contribution in [0.15, 0.2) is 37.8 Å². The van der Waals surface area contributed by atoms with Crippen molar-refractivity contribution in [2.24, 2.45) is 0 Å². The van der Waals surface area contributed by atoms with Crippen LogP contribution in [0, 0.1) is 0 Å². The van der Waals surface area contributed by atoms with Crippen LogP contribution in [0.3, 0.4) is 0 Å². The molecule has 0 atom stereocenters. The Bertz CT molecular complexity index is 604. The van der Waals surface area contributed by atoms with Crippen LogP contribution in [-0.4, -0.2) is 11.1 Å². The number of halogens is 3. The third kappa shape index (κ3) is 3.32. The molecule has 1 aromatic carbocycles. The van der Waals surface area contributed by atoms with Gasteiger partial charge in [0.1, 0.15) is 0 Å². The Morgan fingerprint density at radius 1 is 1.37 bits per heavy atom. The second kappa shape index (κ2) is 5.98. The number of benzene rings is 1. The van der Waals surface area contributed by atoms with E-state index < -0.39 is 5.97 Å². The zero-order chi connectivity index (χ0) is 14.0. The maximum absolute atomic E-state index is 10.9. The van der Waals surface area contributed by atoms with E-state index in [1.807, 2.05) is 0 Å². The average molecular weight is 409 g/mol. The van der Waals surface area contributed by atoms with E-state index in [1.165, 1.54) is 6.26 Å². The average Bonchev–Trinajstić information content (AvgIpc) is 2.75. The number of nitrogens with one attached hydrogen (secondary N) is 1. The van der Waals surface area contributed by atoms with E-state index in [-0.39, 0.29) is 5.76 Å². The minimum Gasteiger partial charge on any atom is -0.475 e. The lowest BCUT2D eigenvalue weighted by Crippen LogP contribution is -2.05. The van der Waals surface area contributed by atoms with Gasteiger partial charge in [0, 0.05) is 26.1 Å². The van der Waals surface area contributed by atoms with Gasteiger partial charge in [-0.3, -0.25) is 0 Å². The van der Waals surface area contributed by atoms with Crippen LogP contribution in [0.2, 0.25) is 5.02 Å². The van der Waals surface area contributed by atoms with Crippen LogP contribution >= 0.6 is 43.5 Å². The van der Waals surface area contributed by atoms with E-state index >= 15 is 0 Å². The van der Waals surface area contributed by atoms with Crippen molar-refractivity contribution in [1.82, 2.24) is 0 Å². The largest absolute Gasteiger partial charge is 0.475 e. The zero-order valence-electron chi connectivity index (χ0n) is 9.41. The maximum Gasteiger partial charge on any atom is 0.372 e. The van der Waals surface area contributed by atoms with Gasteiger partial charge in [0.05, 0.1) is 12.0 Å². The van der Waals surface area contributed by atoms with Crippen LogP contribution in [-0.2, 0) is 6.54 Å². The molecule has 0 saturated heterocycles. The smallest absolute Gasteiger partial charge is 0.372 e. The number of furan rings is 1. The Kier molecular flexibility index (Phi) is 4.54. The van der Waals surface area contributed by atoms with Crippen LogP contribution in [0.5, 0.6) is 0 Å². The number of carboxylic acid groups (broad SMARTS) is 1. The standard InChI is InChI=1S/C12H8Br2ClNO3/c13-8-3-7(15)4-9(14)10(8)16-5-6-1-2-19-11(6)12(17)18/h1-4,16H,5H2,(H,17,18). The van der Waals surface area contributed by atoms with E-state index in [9.17, 15) is 4.79 Å². The summed E-state index contributed by atoms with van der Waals surface area (Å²) in [6, 6.07) is 5.12. The first-order chi connectivity index (χ1) is 8.99. The first-order valence-electron chi connectivity index (χ1n) is 5.17. The molecule has 0 aliphatic rings. The number of carbonyl (C=O) groups is 1. The van der Waals surface area contributed by atoms with Gasteiger partial charge in [-0.05, 0) is 50.1 Å². The second-order valence-corrected chi connectivity index (χ2v) is 5.82. The molecule has 1 heterocycles.